The number of aromatic nitrogens is 1. The molecular formula is C21H20ClN3O3. The van der Waals surface area contributed by atoms with Gasteiger partial charge in [0.05, 0.1) is 24.4 Å². The van der Waals surface area contributed by atoms with Crippen LogP contribution in [-0.2, 0) is 4.79 Å². The van der Waals surface area contributed by atoms with Crippen molar-refractivity contribution in [1.82, 2.24) is 9.99 Å². The maximum absolute atomic E-state index is 12.5. The number of fused-ring (bicyclic) bond motifs is 1. The van der Waals surface area contributed by atoms with Crippen LogP contribution in [0.3, 0.4) is 0 Å². The van der Waals surface area contributed by atoms with E-state index in [2.05, 4.69) is 10.1 Å². The van der Waals surface area contributed by atoms with Gasteiger partial charge in [0, 0.05) is 23.8 Å². The van der Waals surface area contributed by atoms with E-state index in [0.717, 1.165) is 27.9 Å². The van der Waals surface area contributed by atoms with E-state index < -0.39 is 0 Å². The molecular weight excluding hydrogens is 378 g/mol. The number of rotatable bonds is 5. The van der Waals surface area contributed by atoms with Crippen molar-refractivity contribution in [2.45, 2.75) is 32.7 Å². The fourth-order valence-corrected chi connectivity index (χ4v) is 3.65. The van der Waals surface area contributed by atoms with Crippen molar-refractivity contribution >= 4 is 34.1 Å². The summed E-state index contributed by atoms with van der Waals surface area (Å²) in [6.07, 6.45) is 2.45. The number of furan rings is 1. The lowest BCUT2D eigenvalue weighted by atomic mass is 10.0. The zero-order valence-corrected chi connectivity index (χ0v) is 16.4. The van der Waals surface area contributed by atoms with Crippen molar-refractivity contribution in [3.63, 3.8) is 0 Å². The number of hydrogen-bond donors (Lipinski definition) is 0. The highest BCUT2D eigenvalue weighted by Crippen LogP contribution is 2.38. The second-order valence-electron chi connectivity index (χ2n) is 6.49. The minimum atomic E-state index is -0.326. The molecule has 0 aliphatic carbocycles. The molecule has 1 unspecified atom stereocenters. The third-order valence-electron chi connectivity index (χ3n) is 4.71. The quantitative estimate of drug-likeness (QED) is 0.570. The van der Waals surface area contributed by atoms with E-state index in [1.165, 1.54) is 5.01 Å². The number of ether oxygens (including phenoxy) is 1. The summed E-state index contributed by atoms with van der Waals surface area (Å²) in [7, 11) is 0. The van der Waals surface area contributed by atoms with Crippen LogP contribution in [0.1, 0.15) is 44.1 Å². The predicted molar refractivity (Wildman–Crippen MR) is 108 cm³/mol. The molecule has 2 aromatic heterocycles. The third kappa shape index (κ3) is 3.36. The first-order valence-corrected chi connectivity index (χ1v) is 9.65. The van der Waals surface area contributed by atoms with E-state index in [1.807, 2.05) is 44.2 Å². The number of hydrogen-bond acceptors (Lipinski definition) is 5. The highest BCUT2D eigenvalue weighted by molar-refractivity contribution is 6.30. The number of nitrogens with zero attached hydrogens (tertiary/aromatic N) is 3. The van der Waals surface area contributed by atoms with E-state index in [4.69, 9.17) is 20.8 Å². The van der Waals surface area contributed by atoms with Gasteiger partial charge in [-0.1, -0.05) is 18.5 Å². The standard InChI is InChI=1S/C21H20ClN3O3/c1-3-20(26)25-18(12-17(24-25)19-6-5-9-28-19)15-11-13-10-14(27-4-2)7-8-16(13)23-21(15)22/h5-11,18H,3-4,12H2,1-2H3. The number of pyridine rings is 1. The van der Waals surface area contributed by atoms with Crippen LogP contribution in [0.15, 0.2) is 52.2 Å². The number of carbonyl (C=O) groups excluding carboxylic acids is 1. The number of amides is 1. The van der Waals surface area contributed by atoms with Crippen molar-refractivity contribution in [2.75, 3.05) is 6.61 Å². The monoisotopic (exact) mass is 397 g/mol. The van der Waals surface area contributed by atoms with Crippen LogP contribution in [0.5, 0.6) is 5.75 Å². The molecule has 1 aromatic carbocycles. The molecule has 1 aliphatic heterocycles. The summed E-state index contributed by atoms with van der Waals surface area (Å²) < 4.78 is 11.1. The summed E-state index contributed by atoms with van der Waals surface area (Å²) in [6, 6.07) is 11.0. The molecule has 0 radical (unpaired) electrons. The first-order chi connectivity index (χ1) is 13.6. The van der Waals surface area contributed by atoms with Gasteiger partial charge in [-0.2, -0.15) is 5.10 Å². The van der Waals surface area contributed by atoms with Crippen LogP contribution >= 0.6 is 11.6 Å². The van der Waals surface area contributed by atoms with E-state index in [9.17, 15) is 4.79 Å². The normalized spacial score (nSPS) is 16.5. The van der Waals surface area contributed by atoms with Gasteiger partial charge in [0.1, 0.15) is 22.4 Å². The van der Waals surface area contributed by atoms with E-state index in [0.29, 0.717) is 30.4 Å². The molecule has 0 saturated heterocycles. The van der Waals surface area contributed by atoms with Gasteiger partial charge in [-0.3, -0.25) is 4.79 Å². The Labute approximate surface area is 167 Å². The lowest BCUT2D eigenvalue weighted by Crippen LogP contribution is -2.26. The Balaban J connectivity index is 1.76. The first-order valence-electron chi connectivity index (χ1n) is 9.27. The maximum Gasteiger partial charge on any atom is 0.242 e. The third-order valence-corrected chi connectivity index (χ3v) is 5.01. The lowest BCUT2D eigenvalue weighted by molar-refractivity contribution is -0.132. The minimum Gasteiger partial charge on any atom is -0.494 e. The number of halogens is 1. The summed E-state index contributed by atoms with van der Waals surface area (Å²) in [5, 5.41) is 7.29. The van der Waals surface area contributed by atoms with E-state index in [-0.39, 0.29) is 11.9 Å². The zero-order valence-electron chi connectivity index (χ0n) is 15.7. The molecule has 0 fully saturated rings. The fourth-order valence-electron chi connectivity index (χ4n) is 3.37. The molecule has 0 N–H and O–H groups in total. The molecule has 7 heteroatoms. The molecule has 144 valence electrons. The Bertz CT molecular complexity index is 1050. The highest BCUT2D eigenvalue weighted by atomic mass is 35.5. The van der Waals surface area contributed by atoms with Crippen LogP contribution in [0.25, 0.3) is 10.9 Å². The van der Waals surface area contributed by atoms with Crippen molar-refractivity contribution in [1.29, 1.82) is 0 Å². The Morgan fingerprint density at radius 2 is 2.18 bits per heavy atom. The van der Waals surface area contributed by atoms with Gasteiger partial charge < -0.3 is 9.15 Å². The summed E-state index contributed by atoms with van der Waals surface area (Å²) >= 11 is 6.52. The molecule has 0 spiro atoms. The first kappa shape index (κ1) is 18.5. The molecule has 1 atom stereocenters. The van der Waals surface area contributed by atoms with Crippen molar-refractivity contribution in [3.05, 3.63) is 59.1 Å². The van der Waals surface area contributed by atoms with Gasteiger partial charge in [0.2, 0.25) is 5.91 Å². The highest BCUT2D eigenvalue weighted by Gasteiger charge is 2.35. The molecule has 1 aliphatic rings. The van der Waals surface area contributed by atoms with E-state index in [1.54, 1.807) is 12.3 Å². The van der Waals surface area contributed by atoms with Gasteiger partial charge in [0.25, 0.3) is 0 Å². The van der Waals surface area contributed by atoms with Crippen LogP contribution < -0.4 is 4.74 Å². The molecule has 6 nitrogen and oxygen atoms in total. The second-order valence-corrected chi connectivity index (χ2v) is 6.85. The summed E-state index contributed by atoms with van der Waals surface area (Å²) in [5.74, 6) is 1.34. The molecule has 1 amide bonds. The summed E-state index contributed by atoms with van der Waals surface area (Å²) in [6.45, 7) is 4.34. The Kier molecular flexibility index (Phi) is 5.05. The van der Waals surface area contributed by atoms with Crippen molar-refractivity contribution in [2.24, 2.45) is 5.10 Å². The van der Waals surface area contributed by atoms with Crippen molar-refractivity contribution in [3.8, 4) is 5.75 Å². The van der Waals surface area contributed by atoms with Gasteiger partial charge in [0.15, 0.2) is 0 Å². The number of hydrazone groups is 1. The smallest absolute Gasteiger partial charge is 0.242 e. The second kappa shape index (κ2) is 7.64. The van der Waals surface area contributed by atoms with Crippen molar-refractivity contribution < 1.29 is 13.9 Å². The molecule has 3 heterocycles. The molecule has 4 rings (SSSR count). The summed E-state index contributed by atoms with van der Waals surface area (Å²) in [5.41, 5.74) is 2.25. The SMILES string of the molecule is CCOc1ccc2nc(Cl)c(C3CC(c4ccco4)=NN3C(=O)CC)cc2c1. The zero-order chi connectivity index (χ0) is 19.7. The molecule has 0 bridgehead atoms. The van der Waals surface area contributed by atoms with Gasteiger partial charge in [-0.25, -0.2) is 9.99 Å². The fraction of sp³-hybridized carbons (Fsp3) is 0.286. The van der Waals surface area contributed by atoms with Crippen LogP contribution in [0.4, 0.5) is 0 Å². The number of benzene rings is 1. The van der Waals surface area contributed by atoms with Gasteiger partial charge >= 0.3 is 0 Å². The van der Waals surface area contributed by atoms with E-state index >= 15 is 0 Å². The van der Waals surface area contributed by atoms with Gasteiger partial charge in [-0.15, -0.1) is 0 Å². The molecule has 3 aromatic rings. The average molecular weight is 398 g/mol. The summed E-state index contributed by atoms with van der Waals surface area (Å²) in [4.78, 5) is 17.1. The Morgan fingerprint density at radius 1 is 1.32 bits per heavy atom. The molecule has 0 saturated carbocycles. The minimum absolute atomic E-state index is 0.0780. The predicted octanol–water partition coefficient (Wildman–Crippen LogP) is 4.97. The Morgan fingerprint density at radius 3 is 2.89 bits per heavy atom. The number of carbonyl (C=O) groups is 1. The lowest BCUT2D eigenvalue weighted by Gasteiger charge is -2.22. The topological polar surface area (TPSA) is 67.9 Å². The average Bonchev–Trinajstić information content (AvgIpc) is 3.37. The Hall–Kier alpha value is -2.86. The largest absolute Gasteiger partial charge is 0.494 e. The van der Waals surface area contributed by atoms with Crippen LogP contribution in [-0.4, -0.2) is 28.2 Å². The molecule has 28 heavy (non-hydrogen) atoms. The maximum atomic E-state index is 12.5. The van der Waals surface area contributed by atoms with Crippen LogP contribution in [0.2, 0.25) is 5.15 Å². The van der Waals surface area contributed by atoms with Crippen LogP contribution in [0, 0.1) is 0 Å². The van der Waals surface area contributed by atoms with Gasteiger partial charge in [-0.05, 0) is 43.3 Å².